The van der Waals surface area contributed by atoms with Crippen LogP contribution in [0.4, 0.5) is 0 Å². The summed E-state index contributed by atoms with van der Waals surface area (Å²) in [7, 11) is 0. The zero-order valence-corrected chi connectivity index (χ0v) is 22.6. The molecule has 0 saturated heterocycles. The van der Waals surface area contributed by atoms with E-state index < -0.39 is 0 Å². The lowest BCUT2D eigenvalue weighted by atomic mass is 9.64. The van der Waals surface area contributed by atoms with E-state index in [1.54, 1.807) is 0 Å². The molecule has 3 heterocycles. The molecule has 186 valence electrons. The molecule has 3 aromatic heterocycles. The van der Waals surface area contributed by atoms with Crippen molar-refractivity contribution < 1.29 is 0 Å². The molecule has 3 heteroatoms. The van der Waals surface area contributed by atoms with Crippen molar-refractivity contribution in [1.29, 1.82) is 0 Å². The van der Waals surface area contributed by atoms with Crippen molar-refractivity contribution in [3.63, 3.8) is 0 Å². The van der Waals surface area contributed by atoms with Gasteiger partial charge in [0.2, 0.25) is 0 Å². The molecule has 0 fully saturated rings. The number of hydrogen-bond acceptors (Lipinski definition) is 2. The summed E-state index contributed by atoms with van der Waals surface area (Å²) < 4.78 is 2.28. The van der Waals surface area contributed by atoms with Crippen LogP contribution in [0.2, 0.25) is 0 Å². The summed E-state index contributed by atoms with van der Waals surface area (Å²) in [6, 6.07) is 15.4. The third-order valence-electron chi connectivity index (χ3n) is 8.64. The van der Waals surface area contributed by atoms with Crippen LogP contribution in [-0.4, -0.2) is 14.5 Å². The molecule has 0 saturated carbocycles. The quantitative estimate of drug-likeness (QED) is 0.205. The summed E-state index contributed by atoms with van der Waals surface area (Å²) in [5.41, 5.74) is 4.43. The second kappa shape index (κ2) is 10.5. The summed E-state index contributed by atoms with van der Waals surface area (Å²) in [6.45, 7) is 14.5. The molecule has 0 radical (unpaired) electrons. The first-order valence-corrected chi connectivity index (χ1v) is 13.6. The molecule has 4 aromatic rings. The summed E-state index contributed by atoms with van der Waals surface area (Å²) in [4.78, 5) is 9.17. The van der Waals surface area contributed by atoms with Gasteiger partial charge in [-0.15, -0.1) is 0 Å². The molecule has 1 aromatic carbocycles. The highest BCUT2D eigenvalue weighted by molar-refractivity contribution is 6.09. The van der Waals surface area contributed by atoms with Gasteiger partial charge in [0.05, 0.1) is 11.0 Å². The zero-order chi connectivity index (χ0) is 25.1. The summed E-state index contributed by atoms with van der Waals surface area (Å²) in [5, 5.41) is 2.48. The Hall–Kier alpha value is -2.68. The molecular formula is C32H43N3. The van der Waals surface area contributed by atoms with Gasteiger partial charge >= 0.3 is 0 Å². The number of benzene rings is 1. The van der Waals surface area contributed by atoms with Gasteiger partial charge < -0.3 is 0 Å². The first-order chi connectivity index (χ1) is 16.8. The lowest BCUT2D eigenvalue weighted by molar-refractivity contribution is 0.162. The molecule has 0 N–H and O–H groups in total. The number of pyridine rings is 2. The lowest BCUT2D eigenvalue weighted by Gasteiger charge is -2.41. The normalized spacial score (nSPS) is 13.5. The second-order valence-corrected chi connectivity index (χ2v) is 11.4. The van der Waals surface area contributed by atoms with Crippen molar-refractivity contribution in [3.8, 4) is 5.82 Å². The predicted octanol–water partition coefficient (Wildman–Crippen LogP) is 9.48. The Morgan fingerprint density at radius 2 is 1.63 bits per heavy atom. The number of hydrogen-bond donors (Lipinski definition) is 0. The molecule has 1 atom stereocenters. The number of fused-ring (bicyclic) bond motifs is 3. The van der Waals surface area contributed by atoms with Crippen molar-refractivity contribution in [3.05, 3.63) is 66.6 Å². The fourth-order valence-corrected chi connectivity index (χ4v) is 5.71. The average Bonchev–Trinajstić information content (AvgIpc) is 3.21. The Morgan fingerprint density at radius 1 is 0.857 bits per heavy atom. The minimum Gasteiger partial charge on any atom is -0.294 e. The fourth-order valence-electron chi connectivity index (χ4n) is 5.71. The number of nitrogens with zero attached hydrogens (tertiary/aromatic N) is 3. The van der Waals surface area contributed by atoms with Gasteiger partial charge in [-0.2, -0.15) is 0 Å². The topological polar surface area (TPSA) is 30.7 Å². The van der Waals surface area contributed by atoms with Crippen LogP contribution in [0.5, 0.6) is 0 Å². The Bertz CT molecular complexity index is 1250. The molecule has 0 aliphatic rings. The van der Waals surface area contributed by atoms with E-state index in [9.17, 15) is 0 Å². The largest absolute Gasteiger partial charge is 0.294 e. The van der Waals surface area contributed by atoms with Crippen LogP contribution in [0.25, 0.3) is 27.6 Å². The highest BCUT2D eigenvalue weighted by Crippen LogP contribution is 2.49. The van der Waals surface area contributed by atoms with E-state index in [0.717, 1.165) is 11.3 Å². The van der Waals surface area contributed by atoms with Crippen LogP contribution in [0, 0.1) is 10.8 Å². The molecular weight excluding hydrogens is 426 g/mol. The zero-order valence-electron chi connectivity index (χ0n) is 22.6. The fraction of sp³-hybridized carbons (Fsp3) is 0.500. The van der Waals surface area contributed by atoms with E-state index in [0.29, 0.717) is 11.3 Å². The molecule has 0 amide bonds. The van der Waals surface area contributed by atoms with Crippen LogP contribution >= 0.6 is 0 Å². The Kier molecular flexibility index (Phi) is 7.64. The molecule has 4 rings (SSSR count). The highest BCUT2D eigenvalue weighted by atomic mass is 15.1. The second-order valence-electron chi connectivity index (χ2n) is 11.4. The van der Waals surface area contributed by atoms with Crippen molar-refractivity contribution in [2.24, 2.45) is 10.8 Å². The molecule has 3 nitrogen and oxygen atoms in total. The van der Waals surface area contributed by atoms with E-state index in [4.69, 9.17) is 0 Å². The van der Waals surface area contributed by atoms with E-state index in [1.807, 2.05) is 24.7 Å². The average molecular weight is 470 g/mol. The van der Waals surface area contributed by atoms with Crippen LogP contribution in [-0.2, 0) is 0 Å². The van der Waals surface area contributed by atoms with Gasteiger partial charge in [-0.3, -0.25) is 9.55 Å². The van der Waals surface area contributed by atoms with Gasteiger partial charge in [0.15, 0.2) is 0 Å². The molecule has 1 unspecified atom stereocenters. The number of aromatic nitrogens is 3. The molecule has 0 spiro atoms. The Balaban J connectivity index is 1.87. The molecule has 0 aliphatic heterocycles. The van der Waals surface area contributed by atoms with Crippen LogP contribution in [0.15, 0.2) is 61.1 Å². The van der Waals surface area contributed by atoms with Crippen LogP contribution < -0.4 is 0 Å². The standard InChI is InChI=1S/C32H43N3/c1-7-10-12-18-31(4,5)27(22-32(6,8-2)9-3)24-15-16-28-25(21-24)26-23-33-20-17-29(26)35(28)30-14-11-13-19-34-30/h11,13-17,19-21,23,27H,7-10,12,18,22H2,1-6H3. The number of rotatable bonds is 11. The van der Waals surface area contributed by atoms with Crippen molar-refractivity contribution in [2.45, 2.75) is 92.4 Å². The Labute approximate surface area is 212 Å². The maximum absolute atomic E-state index is 4.67. The van der Waals surface area contributed by atoms with Gasteiger partial charge in [-0.25, -0.2) is 4.98 Å². The third-order valence-corrected chi connectivity index (χ3v) is 8.64. The van der Waals surface area contributed by atoms with E-state index >= 15 is 0 Å². The van der Waals surface area contributed by atoms with E-state index in [1.165, 1.54) is 66.8 Å². The highest BCUT2D eigenvalue weighted by Gasteiger charge is 2.36. The minimum absolute atomic E-state index is 0.242. The van der Waals surface area contributed by atoms with Gasteiger partial charge in [0.25, 0.3) is 0 Å². The van der Waals surface area contributed by atoms with Gasteiger partial charge in [0, 0.05) is 29.4 Å². The molecule has 0 aliphatic carbocycles. The predicted molar refractivity (Wildman–Crippen MR) is 150 cm³/mol. The van der Waals surface area contributed by atoms with E-state index in [-0.39, 0.29) is 5.41 Å². The van der Waals surface area contributed by atoms with Crippen molar-refractivity contribution >= 4 is 21.8 Å². The minimum atomic E-state index is 0.242. The van der Waals surface area contributed by atoms with Crippen LogP contribution in [0.1, 0.15) is 98.0 Å². The third kappa shape index (κ3) is 5.15. The maximum Gasteiger partial charge on any atom is 0.137 e. The van der Waals surface area contributed by atoms with Crippen molar-refractivity contribution in [1.82, 2.24) is 14.5 Å². The smallest absolute Gasteiger partial charge is 0.137 e. The first-order valence-electron chi connectivity index (χ1n) is 13.6. The first kappa shape index (κ1) is 25.4. The number of unbranched alkanes of at least 4 members (excludes halogenated alkanes) is 2. The van der Waals surface area contributed by atoms with Gasteiger partial charge in [0.1, 0.15) is 5.82 Å². The summed E-state index contributed by atoms with van der Waals surface area (Å²) in [5.74, 6) is 1.46. The van der Waals surface area contributed by atoms with E-state index in [2.05, 4.69) is 92.5 Å². The lowest BCUT2D eigenvalue weighted by Crippen LogP contribution is -2.28. The van der Waals surface area contributed by atoms with Gasteiger partial charge in [-0.05, 0) is 65.5 Å². The van der Waals surface area contributed by atoms with Gasteiger partial charge in [-0.1, -0.05) is 85.8 Å². The Morgan fingerprint density at radius 3 is 2.31 bits per heavy atom. The molecule has 0 bridgehead atoms. The van der Waals surface area contributed by atoms with Crippen LogP contribution in [0.3, 0.4) is 0 Å². The summed E-state index contributed by atoms with van der Waals surface area (Å²) in [6.07, 6.45) is 14.6. The monoisotopic (exact) mass is 469 g/mol. The molecule has 35 heavy (non-hydrogen) atoms. The summed E-state index contributed by atoms with van der Waals surface area (Å²) >= 11 is 0. The SMILES string of the molecule is CCCCCC(C)(C)C(CC(C)(CC)CC)c1ccc2c(c1)c1cnccc1n2-c1ccccn1. The van der Waals surface area contributed by atoms with Crippen molar-refractivity contribution in [2.75, 3.05) is 0 Å². The maximum atomic E-state index is 4.67.